The molecule has 40 nitrogen and oxygen atoms in total. The number of Topliss-reactive ketones (excluding diaryl/α,β-unsaturated/α-hetero) is 2. The number of carbonyl (C=O) groups is 21. The van der Waals surface area contributed by atoms with E-state index in [0.717, 1.165) is 0 Å². The molecule has 0 aliphatic heterocycles. The monoisotopic (exact) mass is 1290 g/mol. The number of hydrogen-bond donors (Lipinski definition) is 18. The van der Waals surface area contributed by atoms with Gasteiger partial charge in [0.1, 0.15) is 54.9 Å². The Morgan fingerprint density at radius 2 is 0.571 bits per heavy atom. The summed E-state index contributed by atoms with van der Waals surface area (Å²) in [4.78, 5) is 266. The molecular weight excluding hydrogens is 1240 g/mol. The molecule has 0 saturated carbocycles. The molecule has 2 aromatic carbocycles. The molecule has 8 amide bonds. The first-order chi connectivity index (χ1) is 42.3. The third-order valence-electron chi connectivity index (χ3n) is 11.7. The number of esters is 1. The Morgan fingerprint density at radius 3 is 0.835 bits per heavy atom. The second-order valence-corrected chi connectivity index (χ2v) is 18.8. The second kappa shape index (κ2) is 34.8. The molecule has 0 bridgehead atoms. The van der Waals surface area contributed by atoms with Crippen LogP contribution in [0.15, 0.2) is 42.5 Å². The molecule has 0 aliphatic carbocycles. The lowest BCUT2D eigenvalue weighted by atomic mass is 9.92. The molecule has 2 rings (SSSR count). The Morgan fingerprint density at radius 1 is 0.330 bits per heavy atom. The quantitative estimate of drug-likeness (QED) is 0.0168. The largest absolute Gasteiger partial charge is 0.481 e. The Hall–Kier alpha value is -12.3. The molecule has 0 heterocycles. The van der Waals surface area contributed by atoms with Crippen LogP contribution in [0.4, 0.5) is 0 Å². The van der Waals surface area contributed by atoms with E-state index in [9.17, 15) is 142 Å². The van der Waals surface area contributed by atoms with Crippen molar-refractivity contribution in [2.24, 2.45) is 0 Å². The van der Waals surface area contributed by atoms with Gasteiger partial charge in [0.15, 0.2) is 5.78 Å². The van der Waals surface area contributed by atoms with Crippen LogP contribution < -0.4 is 42.5 Å². The summed E-state index contributed by atoms with van der Waals surface area (Å²) in [5, 5.41) is 108. The predicted octanol–water partition coefficient (Wildman–Crippen LogP) is -6.11. The molecule has 0 saturated heterocycles. The Balaban J connectivity index is 2.79. The second-order valence-electron chi connectivity index (χ2n) is 18.8. The average molecular weight is 1290 g/mol. The van der Waals surface area contributed by atoms with Crippen LogP contribution >= 0.6 is 0 Å². The van der Waals surface area contributed by atoms with Gasteiger partial charge in [-0.05, 0) is 24.6 Å². The summed E-state index contributed by atoms with van der Waals surface area (Å²) in [5.41, 5.74) is -4.45. The lowest BCUT2D eigenvalue weighted by molar-refractivity contribution is -0.148. The summed E-state index contributed by atoms with van der Waals surface area (Å²) in [6.07, 6.45) is -11.5. The molecule has 40 heteroatoms. The Kier molecular flexibility index (Phi) is 28.6. The van der Waals surface area contributed by atoms with Crippen molar-refractivity contribution in [1.82, 2.24) is 42.5 Å². The Labute approximate surface area is 506 Å². The van der Waals surface area contributed by atoms with Gasteiger partial charge in [-0.25, -0.2) is 14.4 Å². The molecule has 18 N–H and O–H groups in total. The van der Waals surface area contributed by atoms with Gasteiger partial charge in [0, 0.05) is 11.1 Å². The van der Waals surface area contributed by atoms with Crippen molar-refractivity contribution in [1.29, 1.82) is 0 Å². The third-order valence-corrected chi connectivity index (χ3v) is 11.7. The topological polar surface area (TPSA) is 666 Å². The van der Waals surface area contributed by atoms with Gasteiger partial charge in [0.05, 0.1) is 62.5 Å². The van der Waals surface area contributed by atoms with Crippen molar-refractivity contribution in [2.45, 2.75) is 113 Å². The summed E-state index contributed by atoms with van der Waals surface area (Å²) < 4.78 is 5.04. The molecule has 2 unspecified atom stereocenters. The van der Waals surface area contributed by atoms with Gasteiger partial charge >= 0.3 is 65.7 Å². The molecule has 0 spiro atoms. The van der Waals surface area contributed by atoms with E-state index in [-0.39, 0.29) is 11.6 Å². The van der Waals surface area contributed by atoms with Gasteiger partial charge in [-0.2, -0.15) is 0 Å². The number of ketones is 2. The van der Waals surface area contributed by atoms with Gasteiger partial charge in [-0.15, -0.1) is 0 Å². The third kappa shape index (κ3) is 25.3. The number of nitrogens with one attached hydrogen (secondary N) is 8. The number of carbonyl (C=O) groups excluding carboxylic acids is 11. The smallest absolute Gasteiger partial charge is 0.380 e. The number of hydrogen-bond acceptors (Lipinski definition) is 22. The van der Waals surface area contributed by atoms with E-state index in [1.165, 1.54) is 30.3 Å². The minimum absolute atomic E-state index is 0.229. The normalized spacial score (nSPS) is 13.2. The molecule has 0 radical (unpaired) electrons. The fraction of sp³-hybridized carbons (Fsp3) is 0.353. The van der Waals surface area contributed by atoms with Crippen LogP contribution in [0, 0.1) is 0 Å². The van der Waals surface area contributed by atoms with E-state index in [1.807, 2.05) is 5.32 Å². The van der Waals surface area contributed by atoms with Crippen LogP contribution in [-0.2, 0) is 92.9 Å². The van der Waals surface area contributed by atoms with Crippen molar-refractivity contribution in [2.75, 3.05) is 0 Å². The van der Waals surface area contributed by atoms with E-state index in [2.05, 4.69) is 0 Å². The first kappa shape index (κ1) is 74.8. The maximum absolute atomic E-state index is 14.3. The number of aliphatic carboxylic acids is 10. The predicted molar refractivity (Wildman–Crippen MR) is 284 cm³/mol. The van der Waals surface area contributed by atoms with Crippen LogP contribution in [0.1, 0.15) is 105 Å². The van der Waals surface area contributed by atoms with Gasteiger partial charge in [-0.3, -0.25) is 86.3 Å². The minimum Gasteiger partial charge on any atom is -0.481 e. The highest BCUT2D eigenvalue weighted by atomic mass is 16.5. The van der Waals surface area contributed by atoms with Gasteiger partial charge in [-0.1, -0.05) is 30.3 Å². The molecular formula is C51H54N8O32. The van der Waals surface area contributed by atoms with Crippen LogP contribution in [0.2, 0.25) is 0 Å². The van der Waals surface area contributed by atoms with Crippen molar-refractivity contribution >= 4 is 124 Å². The number of carboxylic acids is 10. The first-order valence-corrected chi connectivity index (χ1v) is 25.4. The number of amides is 8. The maximum Gasteiger partial charge on any atom is 0.380 e. The van der Waals surface area contributed by atoms with Crippen LogP contribution in [-0.4, -0.2) is 224 Å². The van der Waals surface area contributed by atoms with E-state index in [4.69, 9.17) is 14.9 Å². The van der Waals surface area contributed by atoms with E-state index >= 15 is 0 Å². The standard InChI is InChI=1S/C51H54N8O32/c1-18(60)20-7-23(42(79)53-25(10-33(63)64)44(81)55-27(12-35(67)68)46(83)57-29(14-37(71)72)48(85)59-31(50(88)89)16-39(75)76)21(40(77)51(90)91-17-19-5-3-2-4-6-19)8-22(20)41(78)52-24(9-32(61)62)43(80)54-26(11-34(65)66)45(82)56-28(13-36(69)70)47(84)58-30(49(86)87)15-38(73)74/h2-8,24-31H,9-17H2,1H3,(H,52,78)(H,53,79)(H,54,80)(H,55,81)(H,56,82)(H,57,83)(H,58,84)(H,59,85)(H,61,62)(H,63,64)(H,65,66)(H,67,68)(H,69,70)(H,71,72)(H,73,74)(H,75,76)(H,86,87)(H,88,89)/t24?,25?,26-,27-,28-,29-,30-,31-/m1/s1. The highest BCUT2D eigenvalue weighted by Gasteiger charge is 2.39. The molecule has 0 aliphatic rings. The lowest BCUT2D eigenvalue weighted by Crippen LogP contribution is -2.58. The fourth-order valence-electron chi connectivity index (χ4n) is 7.51. The Bertz CT molecular complexity index is 3310. The number of benzene rings is 2. The zero-order valence-corrected chi connectivity index (χ0v) is 46.5. The van der Waals surface area contributed by atoms with Gasteiger partial charge < -0.3 is 98.3 Å². The number of carboxylic acid groups (broad SMARTS) is 10. The van der Waals surface area contributed by atoms with E-state index < -0.39 is 253 Å². The number of rotatable bonds is 39. The summed E-state index contributed by atoms with van der Waals surface area (Å²) in [7, 11) is 0. The lowest BCUT2D eigenvalue weighted by Gasteiger charge is -2.25. The van der Waals surface area contributed by atoms with Gasteiger partial charge in [0.2, 0.25) is 35.4 Å². The molecule has 8 atom stereocenters. The summed E-state index contributed by atoms with van der Waals surface area (Å²) >= 11 is 0. The molecule has 0 fully saturated rings. The number of ether oxygens (including phenoxy) is 1. The zero-order valence-electron chi connectivity index (χ0n) is 46.5. The SMILES string of the molecule is CC(=O)c1cc(C(=O)NC(CC(=O)O)C(=O)N[C@H](CC(=O)O)C(=O)N[C@H](CC(=O)O)C(=O)N[C@H](CC(=O)O)C(=O)O)c(C(=O)C(=O)OCc2ccccc2)cc1C(=O)NC(CC(=O)O)C(=O)N[C@H](CC(=O)O)C(=O)N[C@H](CC(=O)O)C(=O)N[C@H](CC(=O)O)C(=O)O. The van der Waals surface area contributed by atoms with Crippen LogP contribution in [0.3, 0.4) is 0 Å². The highest BCUT2D eigenvalue weighted by Crippen LogP contribution is 2.22. The minimum atomic E-state index is -2.55. The first-order valence-electron chi connectivity index (χ1n) is 25.4. The molecule has 91 heavy (non-hydrogen) atoms. The van der Waals surface area contributed by atoms with Crippen molar-refractivity contribution < 1.29 is 156 Å². The zero-order chi connectivity index (χ0) is 69.3. The van der Waals surface area contributed by atoms with Crippen molar-refractivity contribution in [3.05, 3.63) is 70.3 Å². The van der Waals surface area contributed by atoms with E-state index in [1.54, 1.807) is 37.2 Å². The highest BCUT2D eigenvalue weighted by molar-refractivity contribution is 6.42. The molecule has 2 aromatic rings. The van der Waals surface area contributed by atoms with Crippen molar-refractivity contribution in [3.8, 4) is 0 Å². The molecule has 0 aromatic heterocycles. The van der Waals surface area contributed by atoms with Crippen molar-refractivity contribution in [3.63, 3.8) is 0 Å². The van der Waals surface area contributed by atoms with E-state index in [0.29, 0.717) is 13.0 Å². The summed E-state index contributed by atoms with van der Waals surface area (Å²) in [6, 6.07) is -11.3. The van der Waals surface area contributed by atoms with Crippen LogP contribution in [0.5, 0.6) is 0 Å². The van der Waals surface area contributed by atoms with Gasteiger partial charge in [0.25, 0.3) is 17.6 Å². The summed E-state index contributed by atoms with van der Waals surface area (Å²) in [5.74, 6) is -38.2. The average Bonchev–Trinajstić information content (AvgIpc) is 0.814. The molecule has 490 valence electrons. The maximum atomic E-state index is 14.3. The van der Waals surface area contributed by atoms with Crippen LogP contribution in [0.25, 0.3) is 0 Å². The summed E-state index contributed by atoms with van der Waals surface area (Å²) in [6.45, 7) is -0.0172. The fourth-order valence-corrected chi connectivity index (χ4v) is 7.51.